The molecular weight excluding hydrogens is 252 g/mol. The zero-order valence-electron chi connectivity index (χ0n) is 9.82. The minimum atomic E-state index is 0.323. The second-order valence-electron chi connectivity index (χ2n) is 4.54. The molecule has 0 atom stereocenters. The molecule has 1 aromatic carbocycles. The fourth-order valence-corrected chi connectivity index (χ4v) is 3.23. The Hall–Kier alpha value is -0.470. The molecule has 1 saturated carbocycles. The minimum absolute atomic E-state index is 0.323. The fraction of sp³-hybridized carbons (Fsp3) is 0.500. The maximum Gasteiger partial charge on any atom is 0.146 e. The van der Waals surface area contributed by atoms with Crippen molar-refractivity contribution in [3.8, 4) is 0 Å². The smallest absolute Gasteiger partial charge is 0.146 e. The Morgan fingerprint density at radius 1 is 1.18 bits per heavy atom. The molecule has 1 aromatic rings. The number of hydrogen-bond donors (Lipinski definition) is 0. The summed E-state index contributed by atoms with van der Waals surface area (Å²) in [4.78, 5) is 13.1. The molecule has 0 amide bonds. The first-order chi connectivity index (χ1) is 8.25. The lowest BCUT2D eigenvalue weighted by Gasteiger charge is -2.19. The summed E-state index contributed by atoms with van der Waals surface area (Å²) in [6.07, 6.45) is 5.94. The molecule has 0 aliphatic heterocycles. The summed E-state index contributed by atoms with van der Waals surface area (Å²) in [6, 6.07) is 7.69. The summed E-state index contributed by atoms with van der Waals surface area (Å²) >= 11 is 7.44. The molecule has 1 aliphatic rings. The summed E-state index contributed by atoms with van der Waals surface area (Å²) in [5.41, 5.74) is 0. The van der Waals surface area contributed by atoms with Crippen LogP contribution in [0.1, 0.15) is 32.1 Å². The van der Waals surface area contributed by atoms with Crippen LogP contribution >= 0.6 is 23.4 Å². The van der Waals surface area contributed by atoms with Crippen LogP contribution in [-0.4, -0.2) is 11.5 Å². The highest BCUT2D eigenvalue weighted by atomic mass is 35.5. The Balaban J connectivity index is 1.81. The Morgan fingerprint density at radius 3 is 2.47 bits per heavy atom. The molecule has 0 spiro atoms. The molecule has 92 valence electrons. The van der Waals surface area contributed by atoms with Crippen molar-refractivity contribution in [2.24, 2.45) is 5.92 Å². The summed E-state index contributed by atoms with van der Waals surface area (Å²) in [7, 11) is 0. The van der Waals surface area contributed by atoms with E-state index in [0.717, 1.165) is 22.8 Å². The van der Waals surface area contributed by atoms with E-state index in [9.17, 15) is 4.79 Å². The highest BCUT2D eigenvalue weighted by Gasteiger charge is 2.20. The average molecular weight is 269 g/mol. The molecule has 1 aliphatic carbocycles. The van der Waals surface area contributed by atoms with E-state index in [4.69, 9.17) is 11.6 Å². The van der Waals surface area contributed by atoms with E-state index in [2.05, 4.69) is 0 Å². The van der Waals surface area contributed by atoms with Gasteiger partial charge in [-0.2, -0.15) is 0 Å². The fourth-order valence-electron chi connectivity index (χ4n) is 2.23. The van der Waals surface area contributed by atoms with Crippen LogP contribution in [0.4, 0.5) is 0 Å². The van der Waals surface area contributed by atoms with Gasteiger partial charge in [0.15, 0.2) is 0 Å². The van der Waals surface area contributed by atoms with Crippen molar-refractivity contribution < 1.29 is 4.79 Å². The van der Waals surface area contributed by atoms with Crippen LogP contribution in [0.5, 0.6) is 0 Å². The Kier molecular flexibility index (Phi) is 4.93. The van der Waals surface area contributed by atoms with E-state index < -0.39 is 0 Å². The lowest BCUT2D eigenvalue weighted by Crippen LogP contribution is -2.19. The molecule has 0 N–H and O–H groups in total. The van der Waals surface area contributed by atoms with E-state index in [1.165, 1.54) is 19.3 Å². The van der Waals surface area contributed by atoms with Crippen LogP contribution in [0.2, 0.25) is 5.02 Å². The minimum Gasteiger partial charge on any atom is -0.298 e. The second-order valence-corrected chi connectivity index (χ2v) is 6.03. The maximum atomic E-state index is 12.0. The third-order valence-electron chi connectivity index (χ3n) is 3.26. The number of Topliss-reactive ketones (excluding diaryl/α,β-unsaturated/α-hetero) is 1. The molecule has 1 nitrogen and oxygen atoms in total. The monoisotopic (exact) mass is 268 g/mol. The van der Waals surface area contributed by atoms with E-state index in [-0.39, 0.29) is 0 Å². The predicted octanol–water partition coefficient (Wildman–Crippen LogP) is 4.58. The van der Waals surface area contributed by atoms with Crippen molar-refractivity contribution in [2.75, 3.05) is 5.75 Å². The third-order valence-corrected chi connectivity index (χ3v) is 4.54. The molecule has 1 fully saturated rings. The number of halogens is 1. The Bertz CT molecular complexity index is 368. The van der Waals surface area contributed by atoms with Crippen molar-refractivity contribution in [2.45, 2.75) is 37.0 Å². The van der Waals surface area contributed by atoms with Crippen molar-refractivity contribution in [3.63, 3.8) is 0 Å². The number of ketones is 1. The zero-order valence-corrected chi connectivity index (χ0v) is 11.4. The van der Waals surface area contributed by atoms with Crippen molar-refractivity contribution in [3.05, 3.63) is 29.3 Å². The molecule has 0 radical (unpaired) electrons. The van der Waals surface area contributed by atoms with Crippen LogP contribution in [-0.2, 0) is 4.79 Å². The summed E-state index contributed by atoms with van der Waals surface area (Å²) < 4.78 is 0. The van der Waals surface area contributed by atoms with Crippen LogP contribution in [0.25, 0.3) is 0 Å². The topological polar surface area (TPSA) is 17.1 Å². The molecule has 3 heteroatoms. The van der Waals surface area contributed by atoms with Gasteiger partial charge in [-0.3, -0.25) is 4.79 Å². The first-order valence-corrected chi connectivity index (χ1v) is 7.53. The lowest BCUT2D eigenvalue weighted by molar-refractivity contribution is -0.121. The first-order valence-electron chi connectivity index (χ1n) is 6.17. The van der Waals surface area contributed by atoms with Crippen molar-refractivity contribution in [1.82, 2.24) is 0 Å². The number of carbonyl (C=O) groups is 1. The van der Waals surface area contributed by atoms with E-state index >= 15 is 0 Å². The molecule has 0 aromatic heterocycles. The quantitative estimate of drug-likeness (QED) is 0.744. The molecular formula is C14H17ClOS. The molecule has 0 bridgehead atoms. The number of carbonyl (C=O) groups excluding carboxylic acids is 1. The van der Waals surface area contributed by atoms with Gasteiger partial charge in [0.1, 0.15) is 5.78 Å². The van der Waals surface area contributed by atoms with Gasteiger partial charge in [-0.05, 0) is 37.1 Å². The number of rotatable bonds is 4. The lowest BCUT2D eigenvalue weighted by atomic mass is 9.87. The first kappa shape index (κ1) is 13.0. The largest absolute Gasteiger partial charge is 0.298 e. The van der Waals surface area contributed by atoms with Gasteiger partial charge < -0.3 is 0 Å². The Labute approximate surface area is 112 Å². The van der Waals surface area contributed by atoms with Gasteiger partial charge in [0.25, 0.3) is 0 Å². The molecule has 0 unspecified atom stereocenters. The summed E-state index contributed by atoms with van der Waals surface area (Å²) in [6.45, 7) is 0. The number of hydrogen-bond acceptors (Lipinski definition) is 2. The summed E-state index contributed by atoms with van der Waals surface area (Å²) in [5, 5.41) is 0.743. The van der Waals surface area contributed by atoms with E-state index in [1.54, 1.807) is 11.8 Å². The van der Waals surface area contributed by atoms with Crippen LogP contribution in [0.3, 0.4) is 0 Å². The number of thioether (sulfide) groups is 1. The van der Waals surface area contributed by atoms with Gasteiger partial charge in [0, 0.05) is 15.8 Å². The van der Waals surface area contributed by atoms with Crippen molar-refractivity contribution in [1.29, 1.82) is 0 Å². The van der Waals surface area contributed by atoms with E-state index in [0.29, 0.717) is 17.5 Å². The van der Waals surface area contributed by atoms with Crippen LogP contribution in [0.15, 0.2) is 29.2 Å². The third kappa shape index (κ3) is 4.04. The second kappa shape index (κ2) is 6.46. The molecule has 17 heavy (non-hydrogen) atoms. The van der Waals surface area contributed by atoms with Crippen LogP contribution in [0, 0.1) is 5.92 Å². The average Bonchev–Trinajstić information content (AvgIpc) is 2.39. The van der Waals surface area contributed by atoms with Gasteiger partial charge in [0.2, 0.25) is 0 Å². The maximum absolute atomic E-state index is 12.0. The van der Waals surface area contributed by atoms with Gasteiger partial charge in [-0.15, -0.1) is 11.8 Å². The molecule has 0 saturated heterocycles. The van der Waals surface area contributed by atoms with Crippen molar-refractivity contribution >= 4 is 29.1 Å². The SMILES string of the molecule is O=C(CSc1ccc(Cl)cc1)C1CCCCC1. The normalized spacial score (nSPS) is 17.0. The van der Waals surface area contributed by atoms with E-state index in [1.807, 2.05) is 24.3 Å². The van der Waals surface area contributed by atoms with Gasteiger partial charge in [0.05, 0.1) is 5.75 Å². The number of benzene rings is 1. The molecule has 2 rings (SSSR count). The molecule has 0 heterocycles. The highest BCUT2D eigenvalue weighted by Crippen LogP contribution is 2.27. The van der Waals surface area contributed by atoms with Gasteiger partial charge in [-0.1, -0.05) is 30.9 Å². The standard InChI is InChI=1S/C14H17ClOS/c15-12-6-8-13(9-7-12)17-10-14(16)11-4-2-1-3-5-11/h6-9,11H,1-5,10H2. The van der Waals surface area contributed by atoms with Gasteiger partial charge >= 0.3 is 0 Å². The highest BCUT2D eigenvalue weighted by molar-refractivity contribution is 8.00. The predicted molar refractivity (Wildman–Crippen MR) is 73.8 cm³/mol. The van der Waals surface area contributed by atoms with Gasteiger partial charge in [-0.25, -0.2) is 0 Å². The van der Waals surface area contributed by atoms with Crippen LogP contribution < -0.4 is 0 Å². The zero-order chi connectivity index (χ0) is 12.1. The summed E-state index contributed by atoms with van der Waals surface area (Å²) in [5.74, 6) is 1.35. The Morgan fingerprint density at radius 2 is 1.82 bits per heavy atom.